The van der Waals surface area contributed by atoms with Crippen molar-refractivity contribution >= 4 is 27.3 Å². The Bertz CT molecular complexity index is 1020. The Balaban J connectivity index is 1.15. The van der Waals surface area contributed by atoms with Gasteiger partial charge in [0, 0.05) is 37.2 Å². The number of piperidine rings is 1. The molecular formula is C23H34N6O2S. The maximum atomic E-state index is 12.8. The maximum Gasteiger partial charge on any atom is 0.278 e. The van der Waals surface area contributed by atoms with E-state index in [2.05, 4.69) is 27.1 Å². The van der Waals surface area contributed by atoms with Crippen LogP contribution in [0.1, 0.15) is 63.1 Å². The van der Waals surface area contributed by atoms with E-state index < -0.39 is 0 Å². The van der Waals surface area contributed by atoms with Gasteiger partial charge in [-0.2, -0.15) is 4.52 Å². The van der Waals surface area contributed by atoms with E-state index in [9.17, 15) is 9.59 Å². The summed E-state index contributed by atoms with van der Waals surface area (Å²) in [4.78, 5) is 35.7. The van der Waals surface area contributed by atoms with Crippen molar-refractivity contribution in [1.29, 1.82) is 0 Å². The summed E-state index contributed by atoms with van der Waals surface area (Å²) in [7, 11) is 0. The first-order valence-electron chi connectivity index (χ1n) is 12.3. The van der Waals surface area contributed by atoms with Gasteiger partial charge in [0.15, 0.2) is 0 Å². The third-order valence-corrected chi connectivity index (χ3v) is 8.40. The molecule has 4 heterocycles. The highest BCUT2D eigenvalue weighted by Crippen LogP contribution is 2.28. The van der Waals surface area contributed by atoms with Gasteiger partial charge >= 0.3 is 0 Å². The fraction of sp³-hybridized carbons (Fsp3) is 0.739. The van der Waals surface area contributed by atoms with Crippen molar-refractivity contribution in [1.82, 2.24) is 24.8 Å². The van der Waals surface area contributed by atoms with Crippen LogP contribution in [0.5, 0.6) is 0 Å². The van der Waals surface area contributed by atoms with Gasteiger partial charge in [-0.15, -0.1) is 5.10 Å². The second-order valence-electron chi connectivity index (χ2n) is 9.56. The number of aromatic nitrogens is 3. The highest BCUT2D eigenvalue weighted by Gasteiger charge is 2.28. The van der Waals surface area contributed by atoms with Crippen molar-refractivity contribution in [3.63, 3.8) is 0 Å². The minimum Gasteiger partial charge on any atom is -0.356 e. The molecule has 1 N–H and O–H groups in total. The van der Waals surface area contributed by atoms with Crippen LogP contribution in [0.4, 0.5) is 5.13 Å². The normalized spacial score (nSPS) is 21.1. The van der Waals surface area contributed by atoms with Gasteiger partial charge in [-0.1, -0.05) is 11.3 Å². The Morgan fingerprint density at radius 2 is 1.88 bits per heavy atom. The Kier molecular flexibility index (Phi) is 6.46. The number of fused-ring (bicyclic) bond motifs is 2. The fourth-order valence-electron chi connectivity index (χ4n) is 5.34. The molecule has 8 nitrogen and oxygen atoms in total. The zero-order valence-corrected chi connectivity index (χ0v) is 19.8. The maximum absolute atomic E-state index is 12.8. The Morgan fingerprint density at radius 1 is 1.12 bits per heavy atom. The number of anilines is 1. The average molecular weight is 459 g/mol. The molecule has 1 aliphatic carbocycles. The number of hydrogen-bond acceptors (Lipinski definition) is 7. The SMILES string of the molecule is CC(CCNC(=O)C1CCN(c2nn3c(=O)c4c(nc3s2)CCCC4)CC1)N1CCCC1. The summed E-state index contributed by atoms with van der Waals surface area (Å²) in [5, 5.41) is 8.61. The first-order chi connectivity index (χ1) is 15.6. The van der Waals surface area contributed by atoms with E-state index in [1.165, 1.54) is 41.8 Å². The third kappa shape index (κ3) is 4.41. The lowest BCUT2D eigenvalue weighted by atomic mass is 9.96. The van der Waals surface area contributed by atoms with E-state index in [1.54, 1.807) is 0 Å². The molecule has 2 aromatic heterocycles. The monoisotopic (exact) mass is 458 g/mol. The summed E-state index contributed by atoms with van der Waals surface area (Å²) < 4.78 is 1.49. The molecule has 2 aromatic rings. The molecule has 1 amide bonds. The van der Waals surface area contributed by atoms with E-state index in [1.807, 2.05) is 0 Å². The minimum atomic E-state index is 0.00428. The van der Waals surface area contributed by atoms with E-state index in [0.29, 0.717) is 11.0 Å². The third-order valence-electron chi connectivity index (χ3n) is 7.43. The second kappa shape index (κ2) is 9.47. The van der Waals surface area contributed by atoms with Crippen LogP contribution in [0.25, 0.3) is 4.96 Å². The van der Waals surface area contributed by atoms with Crippen LogP contribution in [-0.2, 0) is 17.6 Å². The minimum absolute atomic E-state index is 0.00428. The molecule has 0 bridgehead atoms. The summed E-state index contributed by atoms with van der Waals surface area (Å²) in [5.41, 5.74) is 1.82. The van der Waals surface area contributed by atoms with Gasteiger partial charge in [-0.05, 0) is 77.8 Å². The van der Waals surface area contributed by atoms with Gasteiger partial charge in [-0.25, -0.2) is 4.98 Å². The fourth-order valence-corrected chi connectivity index (χ4v) is 6.30. The van der Waals surface area contributed by atoms with Gasteiger partial charge in [0.2, 0.25) is 16.0 Å². The molecule has 1 unspecified atom stereocenters. The van der Waals surface area contributed by atoms with Crippen molar-refractivity contribution in [3.05, 3.63) is 21.6 Å². The van der Waals surface area contributed by atoms with Crippen molar-refractivity contribution in [2.45, 2.75) is 70.8 Å². The van der Waals surface area contributed by atoms with Crippen molar-refractivity contribution in [3.8, 4) is 0 Å². The van der Waals surface area contributed by atoms with Crippen LogP contribution in [0.2, 0.25) is 0 Å². The van der Waals surface area contributed by atoms with Gasteiger partial charge in [0.1, 0.15) is 0 Å². The Hall–Kier alpha value is -2.00. The van der Waals surface area contributed by atoms with E-state index >= 15 is 0 Å². The van der Waals surface area contributed by atoms with Crippen LogP contribution in [-0.4, -0.2) is 64.2 Å². The summed E-state index contributed by atoms with van der Waals surface area (Å²) >= 11 is 1.49. The zero-order chi connectivity index (χ0) is 22.1. The highest BCUT2D eigenvalue weighted by molar-refractivity contribution is 7.20. The predicted molar refractivity (Wildman–Crippen MR) is 127 cm³/mol. The topological polar surface area (TPSA) is 82.8 Å². The first-order valence-corrected chi connectivity index (χ1v) is 13.1. The largest absolute Gasteiger partial charge is 0.356 e. The molecule has 0 radical (unpaired) electrons. The van der Waals surface area contributed by atoms with Gasteiger partial charge in [-0.3, -0.25) is 9.59 Å². The summed E-state index contributed by atoms with van der Waals surface area (Å²) in [5.74, 6) is 0.254. The second-order valence-corrected chi connectivity index (χ2v) is 10.5. The lowest BCUT2D eigenvalue weighted by molar-refractivity contribution is -0.125. The molecule has 2 aliphatic heterocycles. The van der Waals surface area contributed by atoms with Crippen molar-refractivity contribution in [2.75, 3.05) is 37.6 Å². The molecule has 2 fully saturated rings. The molecule has 0 aromatic carbocycles. The lowest BCUT2D eigenvalue weighted by Gasteiger charge is -2.31. The van der Waals surface area contributed by atoms with E-state index in [4.69, 9.17) is 4.98 Å². The van der Waals surface area contributed by atoms with Crippen LogP contribution in [0.3, 0.4) is 0 Å². The number of amides is 1. The number of carbonyl (C=O) groups excluding carboxylic acids is 1. The highest BCUT2D eigenvalue weighted by atomic mass is 32.1. The number of carbonyl (C=O) groups is 1. The summed E-state index contributed by atoms with van der Waals surface area (Å²) in [6.07, 6.45) is 9.13. The molecule has 174 valence electrons. The number of likely N-dealkylation sites (tertiary alicyclic amines) is 1. The van der Waals surface area contributed by atoms with Crippen molar-refractivity contribution in [2.24, 2.45) is 5.92 Å². The Labute approximate surface area is 193 Å². The predicted octanol–water partition coefficient (Wildman–Crippen LogP) is 2.24. The first kappa shape index (κ1) is 21.8. The average Bonchev–Trinajstić information content (AvgIpc) is 3.50. The van der Waals surface area contributed by atoms with Crippen LogP contribution in [0, 0.1) is 5.92 Å². The van der Waals surface area contributed by atoms with Crippen LogP contribution >= 0.6 is 11.3 Å². The quantitative estimate of drug-likeness (QED) is 0.715. The smallest absolute Gasteiger partial charge is 0.278 e. The summed E-state index contributed by atoms with van der Waals surface area (Å²) in [6, 6.07) is 0.543. The number of nitrogens with one attached hydrogen (secondary N) is 1. The number of aryl methyl sites for hydroxylation is 1. The molecule has 5 rings (SSSR count). The number of hydrogen-bond donors (Lipinski definition) is 1. The van der Waals surface area contributed by atoms with Gasteiger partial charge < -0.3 is 15.1 Å². The Morgan fingerprint density at radius 3 is 2.66 bits per heavy atom. The molecule has 2 saturated heterocycles. The number of rotatable bonds is 6. The lowest BCUT2D eigenvalue weighted by Crippen LogP contribution is -2.42. The molecule has 1 atom stereocenters. The molecule has 32 heavy (non-hydrogen) atoms. The molecule has 0 spiro atoms. The summed E-state index contributed by atoms with van der Waals surface area (Å²) in [6.45, 7) is 7.00. The van der Waals surface area contributed by atoms with Gasteiger partial charge in [0.05, 0.1) is 5.69 Å². The van der Waals surface area contributed by atoms with E-state index in [0.717, 1.165) is 81.0 Å². The standard InChI is InChI=1S/C23H34N6O2S/c1-16(27-12-4-5-13-27)8-11-24-20(30)17-9-14-28(15-10-17)23-26-29-21(31)18-6-2-3-7-19(18)25-22(29)32-23/h16-17H,2-15H2,1H3,(H,24,30). The molecule has 3 aliphatic rings. The van der Waals surface area contributed by atoms with Crippen molar-refractivity contribution < 1.29 is 4.79 Å². The van der Waals surface area contributed by atoms with Gasteiger partial charge in [0.25, 0.3) is 5.56 Å². The molecule has 0 saturated carbocycles. The van der Waals surface area contributed by atoms with Crippen LogP contribution < -0.4 is 15.8 Å². The van der Waals surface area contributed by atoms with Crippen LogP contribution in [0.15, 0.2) is 4.79 Å². The number of nitrogens with zero attached hydrogens (tertiary/aromatic N) is 5. The van der Waals surface area contributed by atoms with E-state index in [-0.39, 0.29) is 17.4 Å². The molecule has 9 heteroatoms. The molecular weight excluding hydrogens is 424 g/mol. The zero-order valence-electron chi connectivity index (χ0n) is 19.0.